The van der Waals surface area contributed by atoms with Gasteiger partial charge in [-0.1, -0.05) is 47.3 Å². The molecule has 0 saturated carbocycles. The zero-order chi connectivity index (χ0) is 19.5. The van der Waals surface area contributed by atoms with Gasteiger partial charge < -0.3 is 9.84 Å². The molecule has 0 aliphatic rings. The number of anilines is 1. The van der Waals surface area contributed by atoms with Crippen LogP contribution in [-0.4, -0.2) is 11.1 Å². The fourth-order valence-electron chi connectivity index (χ4n) is 2.99. The van der Waals surface area contributed by atoms with E-state index in [0.29, 0.717) is 11.3 Å². The fraction of sp³-hybridized carbons (Fsp3) is 0.130. The van der Waals surface area contributed by atoms with Gasteiger partial charge in [0, 0.05) is 15.2 Å². The van der Waals surface area contributed by atoms with E-state index in [4.69, 9.17) is 4.52 Å². The molecule has 5 heteroatoms. The van der Waals surface area contributed by atoms with Crippen LogP contribution in [-0.2, 0) is 11.2 Å². The Hall–Kier alpha value is -3.05. The van der Waals surface area contributed by atoms with E-state index in [9.17, 15) is 4.79 Å². The zero-order valence-electron chi connectivity index (χ0n) is 15.7. The number of aromatic nitrogens is 1. The molecule has 0 unspecified atom stereocenters. The molecule has 0 spiro atoms. The Kier molecular flexibility index (Phi) is 5.17. The van der Waals surface area contributed by atoms with Crippen LogP contribution in [0.2, 0.25) is 0 Å². The Morgan fingerprint density at radius 2 is 1.71 bits per heavy atom. The predicted octanol–water partition coefficient (Wildman–Crippen LogP) is 5.78. The maximum Gasteiger partial charge on any atom is 0.230 e. The molecule has 0 radical (unpaired) electrons. The number of rotatable bonds is 5. The molecule has 140 valence electrons. The molecular formula is C23H20N2O2S. The summed E-state index contributed by atoms with van der Waals surface area (Å²) in [7, 11) is 0. The number of carbonyl (C=O) groups is 1. The first-order chi connectivity index (χ1) is 13.6. The summed E-state index contributed by atoms with van der Waals surface area (Å²) < 4.78 is 5.40. The molecule has 0 fully saturated rings. The van der Waals surface area contributed by atoms with Gasteiger partial charge in [-0.2, -0.15) is 0 Å². The summed E-state index contributed by atoms with van der Waals surface area (Å²) in [6.45, 7) is 4.08. The van der Waals surface area contributed by atoms with Gasteiger partial charge >= 0.3 is 0 Å². The Morgan fingerprint density at radius 3 is 2.54 bits per heavy atom. The minimum absolute atomic E-state index is 0.116. The summed E-state index contributed by atoms with van der Waals surface area (Å²) in [6.07, 6.45) is 0.167. The Morgan fingerprint density at radius 1 is 1.00 bits per heavy atom. The maximum absolute atomic E-state index is 12.7. The lowest BCUT2D eigenvalue weighted by atomic mass is 10.1. The van der Waals surface area contributed by atoms with Crippen molar-refractivity contribution in [1.29, 1.82) is 0 Å². The number of para-hydroxylation sites is 1. The van der Waals surface area contributed by atoms with Crippen LogP contribution >= 0.6 is 11.8 Å². The zero-order valence-corrected chi connectivity index (χ0v) is 16.5. The number of aryl methyl sites for hydroxylation is 2. The number of benzene rings is 3. The van der Waals surface area contributed by atoms with Gasteiger partial charge in [-0.3, -0.25) is 4.79 Å². The fourth-order valence-corrected chi connectivity index (χ4v) is 3.92. The van der Waals surface area contributed by atoms with E-state index in [0.717, 1.165) is 32.0 Å². The van der Waals surface area contributed by atoms with Gasteiger partial charge in [0.05, 0.1) is 12.1 Å². The van der Waals surface area contributed by atoms with E-state index < -0.39 is 0 Å². The number of hydrogen-bond acceptors (Lipinski definition) is 4. The molecule has 28 heavy (non-hydrogen) atoms. The van der Waals surface area contributed by atoms with Gasteiger partial charge in [-0.25, -0.2) is 0 Å². The van der Waals surface area contributed by atoms with Crippen molar-refractivity contribution in [3.63, 3.8) is 0 Å². The Labute approximate surface area is 167 Å². The summed E-state index contributed by atoms with van der Waals surface area (Å²) in [5, 5.41) is 8.02. The Balaban J connectivity index is 1.53. The lowest BCUT2D eigenvalue weighted by molar-refractivity contribution is -0.115. The smallest absolute Gasteiger partial charge is 0.230 e. The highest BCUT2D eigenvalue weighted by molar-refractivity contribution is 7.99. The SMILES string of the molecule is Cc1cc2onc(CC(=O)Nc3ccccc3Sc3ccccc3)c2cc1C. The predicted molar refractivity (Wildman–Crippen MR) is 113 cm³/mol. The summed E-state index contributed by atoms with van der Waals surface area (Å²) in [5.74, 6) is -0.116. The quantitative estimate of drug-likeness (QED) is 0.471. The van der Waals surface area contributed by atoms with E-state index in [1.807, 2.05) is 68.4 Å². The van der Waals surface area contributed by atoms with Gasteiger partial charge in [-0.05, 0) is 61.4 Å². The Bertz CT molecular complexity index is 1140. The van der Waals surface area contributed by atoms with Crippen LogP contribution in [0.4, 0.5) is 5.69 Å². The molecule has 0 atom stereocenters. The first-order valence-electron chi connectivity index (χ1n) is 9.07. The van der Waals surface area contributed by atoms with Gasteiger partial charge in [0.2, 0.25) is 5.91 Å². The van der Waals surface area contributed by atoms with Crippen LogP contribution in [0.3, 0.4) is 0 Å². The van der Waals surface area contributed by atoms with Crippen LogP contribution in [0.1, 0.15) is 16.8 Å². The normalized spacial score (nSPS) is 10.9. The van der Waals surface area contributed by atoms with Gasteiger partial charge in [0.25, 0.3) is 0 Å². The van der Waals surface area contributed by atoms with Crippen molar-refractivity contribution in [1.82, 2.24) is 5.16 Å². The molecule has 0 aliphatic carbocycles. The topological polar surface area (TPSA) is 55.1 Å². The highest BCUT2D eigenvalue weighted by Crippen LogP contribution is 2.33. The lowest BCUT2D eigenvalue weighted by Gasteiger charge is -2.10. The lowest BCUT2D eigenvalue weighted by Crippen LogP contribution is -2.15. The number of carbonyl (C=O) groups excluding carboxylic acids is 1. The largest absolute Gasteiger partial charge is 0.356 e. The van der Waals surface area contributed by atoms with Crippen LogP contribution < -0.4 is 5.32 Å². The van der Waals surface area contributed by atoms with Crippen molar-refractivity contribution in [3.8, 4) is 0 Å². The molecule has 1 heterocycles. The summed E-state index contributed by atoms with van der Waals surface area (Å²) in [5.41, 5.74) is 4.46. The van der Waals surface area contributed by atoms with Crippen molar-refractivity contribution in [3.05, 3.63) is 83.6 Å². The van der Waals surface area contributed by atoms with Crippen LogP contribution in [0, 0.1) is 13.8 Å². The van der Waals surface area contributed by atoms with E-state index in [-0.39, 0.29) is 12.3 Å². The summed E-state index contributed by atoms with van der Waals surface area (Å²) in [4.78, 5) is 14.8. The maximum atomic E-state index is 12.7. The van der Waals surface area contributed by atoms with E-state index in [1.165, 1.54) is 0 Å². The minimum Gasteiger partial charge on any atom is -0.356 e. The van der Waals surface area contributed by atoms with Crippen molar-refractivity contribution in [2.24, 2.45) is 0 Å². The van der Waals surface area contributed by atoms with Crippen molar-refractivity contribution in [2.45, 2.75) is 30.1 Å². The molecule has 0 saturated heterocycles. The first kappa shape index (κ1) is 18.3. The molecule has 4 aromatic rings. The molecule has 1 amide bonds. The highest BCUT2D eigenvalue weighted by atomic mass is 32.2. The number of nitrogens with zero attached hydrogens (tertiary/aromatic N) is 1. The van der Waals surface area contributed by atoms with Crippen molar-refractivity contribution in [2.75, 3.05) is 5.32 Å². The number of amides is 1. The van der Waals surface area contributed by atoms with Gasteiger partial charge in [-0.15, -0.1) is 0 Å². The second-order valence-electron chi connectivity index (χ2n) is 6.70. The summed E-state index contributed by atoms with van der Waals surface area (Å²) >= 11 is 1.62. The van der Waals surface area contributed by atoms with Crippen LogP contribution in [0.15, 0.2) is 81.0 Å². The highest BCUT2D eigenvalue weighted by Gasteiger charge is 2.15. The van der Waals surface area contributed by atoms with Gasteiger partial charge in [0.15, 0.2) is 5.58 Å². The first-order valence-corrected chi connectivity index (χ1v) is 9.89. The second-order valence-corrected chi connectivity index (χ2v) is 7.81. The van der Waals surface area contributed by atoms with Crippen LogP contribution in [0.25, 0.3) is 11.0 Å². The third-order valence-electron chi connectivity index (χ3n) is 4.62. The molecule has 0 bridgehead atoms. The van der Waals surface area contributed by atoms with Crippen molar-refractivity contribution >= 4 is 34.3 Å². The van der Waals surface area contributed by atoms with E-state index in [1.54, 1.807) is 11.8 Å². The molecular weight excluding hydrogens is 368 g/mol. The number of hydrogen-bond donors (Lipinski definition) is 1. The number of fused-ring (bicyclic) bond motifs is 1. The molecule has 3 aromatic carbocycles. The monoisotopic (exact) mass is 388 g/mol. The summed E-state index contributed by atoms with van der Waals surface area (Å²) in [6, 6.07) is 21.9. The van der Waals surface area contributed by atoms with Crippen LogP contribution in [0.5, 0.6) is 0 Å². The van der Waals surface area contributed by atoms with Gasteiger partial charge in [0.1, 0.15) is 5.69 Å². The molecule has 1 aromatic heterocycles. The number of nitrogens with one attached hydrogen (secondary N) is 1. The van der Waals surface area contributed by atoms with E-state index >= 15 is 0 Å². The molecule has 4 rings (SSSR count). The third kappa shape index (κ3) is 3.94. The average Bonchev–Trinajstić information content (AvgIpc) is 3.06. The van der Waals surface area contributed by atoms with E-state index in [2.05, 4.69) is 22.6 Å². The molecule has 1 N–H and O–H groups in total. The molecule has 0 aliphatic heterocycles. The average molecular weight is 388 g/mol. The molecule has 4 nitrogen and oxygen atoms in total. The second kappa shape index (κ2) is 7.90. The standard InChI is InChI=1S/C23H20N2O2S/c1-15-12-18-20(25-27-21(18)13-16(15)2)14-23(26)24-19-10-6-7-11-22(19)28-17-8-4-3-5-9-17/h3-13H,14H2,1-2H3,(H,24,26). The van der Waals surface area contributed by atoms with Crippen molar-refractivity contribution < 1.29 is 9.32 Å². The third-order valence-corrected chi connectivity index (χ3v) is 5.70. The minimum atomic E-state index is -0.116.